The average molecular weight is 638 g/mol. The van der Waals surface area contributed by atoms with Gasteiger partial charge >= 0.3 is 19.8 Å². The largest absolute Gasteiger partial charge is 0.480 e. The predicted molar refractivity (Wildman–Crippen MR) is 139 cm³/mol. The van der Waals surface area contributed by atoms with Crippen LogP contribution in [0, 0.1) is 10.8 Å². The van der Waals surface area contributed by atoms with Crippen molar-refractivity contribution in [3.05, 3.63) is 11.1 Å². The number of hydrogen-bond donors (Lipinski definition) is 2. The van der Waals surface area contributed by atoms with Gasteiger partial charge in [-0.05, 0) is 57.5 Å². The number of rotatable bonds is 10. The molecule has 218 valence electrons. The number of carbonyl (C=O) groups excluding carboxylic acids is 2. The smallest absolute Gasteiger partial charge is 0.437 e. The van der Waals surface area contributed by atoms with Crippen molar-refractivity contribution in [3.8, 4) is 0 Å². The molecule has 1 fully saturated rings. The third-order valence-corrected chi connectivity index (χ3v) is 7.25. The van der Waals surface area contributed by atoms with Crippen LogP contribution in [0.1, 0.15) is 54.2 Å². The zero-order chi connectivity index (χ0) is 29.2. The first-order valence-corrected chi connectivity index (χ1v) is 14.1. The Bertz CT molecular complexity index is 1210. The monoisotopic (exact) mass is 637 g/mol. The SMILES string of the molecule is CC(C)(C)C(=O)OCOP(=O)(OCOC(=O)C(C)(C)C)OC[C@H]1O[C@@H](n2c(Br)nc3c(N)ncnc32)C[C@@H]1O. The molecule has 0 radical (unpaired) electrons. The highest BCUT2D eigenvalue weighted by atomic mass is 79.9. The minimum Gasteiger partial charge on any atom is -0.437 e. The second-order valence-electron chi connectivity index (χ2n) is 10.7. The van der Waals surface area contributed by atoms with E-state index in [1.54, 1.807) is 46.1 Å². The number of phosphoric acid groups is 1. The van der Waals surface area contributed by atoms with Gasteiger partial charge in [0, 0.05) is 6.42 Å². The second kappa shape index (κ2) is 12.1. The van der Waals surface area contributed by atoms with Gasteiger partial charge in [0.05, 0.1) is 23.5 Å². The summed E-state index contributed by atoms with van der Waals surface area (Å²) in [6.45, 7) is 7.82. The predicted octanol–water partition coefficient (Wildman–Crippen LogP) is 3.07. The fraction of sp³-hybridized carbons (Fsp3) is 0.682. The Morgan fingerprint density at radius 1 is 1.10 bits per heavy atom. The van der Waals surface area contributed by atoms with Gasteiger partial charge in [-0.25, -0.2) is 28.6 Å². The molecule has 0 spiro atoms. The fourth-order valence-corrected chi connectivity index (χ4v) is 4.67. The summed E-state index contributed by atoms with van der Waals surface area (Å²) in [4.78, 5) is 36.5. The Labute approximate surface area is 233 Å². The third-order valence-electron chi connectivity index (χ3n) is 5.38. The van der Waals surface area contributed by atoms with Gasteiger partial charge < -0.3 is 25.1 Å². The molecule has 2 aromatic rings. The number of aliphatic hydroxyl groups excluding tert-OH is 1. The summed E-state index contributed by atoms with van der Waals surface area (Å²) in [6, 6.07) is 0. The Morgan fingerprint density at radius 3 is 2.21 bits per heavy atom. The number of phosphoric ester groups is 1. The zero-order valence-electron chi connectivity index (χ0n) is 22.5. The molecule has 0 amide bonds. The molecule has 2 aromatic heterocycles. The van der Waals surface area contributed by atoms with E-state index in [2.05, 4.69) is 30.9 Å². The minimum absolute atomic E-state index is 0.112. The molecule has 0 saturated carbocycles. The molecule has 3 rings (SSSR count). The van der Waals surface area contributed by atoms with Crippen LogP contribution in [0.3, 0.4) is 0 Å². The summed E-state index contributed by atoms with van der Waals surface area (Å²) in [5, 5.41) is 10.6. The van der Waals surface area contributed by atoms with E-state index in [9.17, 15) is 19.3 Å². The van der Waals surface area contributed by atoms with E-state index >= 15 is 0 Å². The maximum Gasteiger partial charge on any atom is 0.480 e. The van der Waals surface area contributed by atoms with E-state index in [4.69, 9.17) is 33.5 Å². The molecule has 1 saturated heterocycles. The Balaban J connectivity index is 1.67. The van der Waals surface area contributed by atoms with Crippen molar-refractivity contribution < 1.29 is 47.0 Å². The molecule has 3 heterocycles. The number of nitrogen functional groups attached to an aromatic ring is 1. The van der Waals surface area contributed by atoms with Gasteiger partial charge in [0.15, 0.2) is 21.7 Å². The van der Waals surface area contributed by atoms with E-state index in [0.29, 0.717) is 15.9 Å². The first-order valence-electron chi connectivity index (χ1n) is 11.9. The Morgan fingerprint density at radius 2 is 1.67 bits per heavy atom. The number of aliphatic hydroxyl groups is 1. The van der Waals surface area contributed by atoms with Crippen LogP contribution in [0.5, 0.6) is 0 Å². The highest BCUT2D eigenvalue weighted by Gasteiger charge is 2.40. The molecule has 3 atom stereocenters. The van der Waals surface area contributed by atoms with E-state index in [1.807, 2.05) is 0 Å². The molecular formula is C22H33BrN5O10P. The van der Waals surface area contributed by atoms with Crippen LogP contribution < -0.4 is 5.73 Å². The number of imidazole rings is 1. The van der Waals surface area contributed by atoms with Crippen LogP contribution in [-0.4, -0.2) is 69.0 Å². The molecule has 0 aromatic carbocycles. The van der Waals surface area contributed by atoms with Gasteiger partial charge in [0.1, 0.15) is 18.7 Å². The number of ether oxygens (including phenoxy) is 3. The van der Waals surface area contributed by atoms with Gasteiger partial charge in [-0.1, -0.05) is 0 Å². The van der Waals surface area contributed by atoms with Crippen molar-refractivity contribution in [2.45, 2.75) is 66.4 Å². The van der Waals surface area contributed by atoms with Gasteiger partial charge in [0.2, 0.25) is 13.6 Å². The fourth-order valence-electron chi connectivity index (χ4n) is 3.18. The normalized spacial score (nSPS) is 20.4. The van der Waals surface area contributed by atoms with Crippen molar-refractivity contribution >= 4 is 52.7 Å². The van der Waals surface area contributed by atoms with Crippen LogP contribution in [0.4, 0.5) is 5.82 Å². The lowest BCUT2D eigenvalue weighted by Crippen LogP contribution is -2.27. The highest BCUT2D eigenvalue weighted by Crippen LogP contribution is 2.50. The van der Waals surface area contributed by atoms with E-state index in [0.717, 1.165) is 0 Å². The number of hydrogen-bond acceptors (Lipinski definition) is 14. The van der Waals surface area contributed by atoms with Gasteiger partial charge in [0.25, 0.3) is 0 Å². The van der Waals surface area contributed by atoms with Crippen molar-refractivity contribution in [1.29, 1.82) is 0 Å². The number of halogens is 1. The topological polar surface area (TPSA) is 196 Å². The van der Waals surface area contributed by atoms with Crippen LogP contribution >= 0.6 is 23.8 Å². The van der Waals surface area contributed by atoms with Crippen molar-refractivity contribution in [2.75, 3.05) is 25.9 Å². The summed E-state index contributed by atoms with van der Waals surface area (Å²) in [7, 11) is -4.46. The number of nitrogens with zero attached hydrogens (tertiary/aromatic N) is 4. The van der Waals surface area contributed by atoms with Gasteiger partial charge in [-0.2, -0.15) is 0 Å². The number of nitrogens with two attached hydrogens (primary N) is 1. The van der Waals surface area contributed by atoms with Crippen LogP contribution in [0.2, 0.25) is 0 Å². The minimum atomic E-state index is -4.46. The molecule has 1 aliphatic heterocycles. The zero-order valence-corrected chi connectivity index (χ0v) is 24.9. The standard InChI is InChI=1S/C22H33BrN5O10P/c1-21(2,3)18(30)33-10-36-39(32,37-11-34-19(31)22(4,5)6)35-8-13-12(29)7-14(38-13)28-17-15(27-20(28)23)16(24)25-9-26-17/h9,12-14,29H,7-8,10-11H2,1-6H3,(H2,24,25,26)/t12-,13+,14+/m0/s1. The summed E-state index contributed by atoms with van der Waals surface area (Å²) >= 11 is 3.34. The maximum atomic E-state index is 13.3. The van der Waals surface area contributed by atoms with Crippen LogP contribution in [0.25, 0.3) is 11.2 Å². The van der Waals surface area contributed by atoms with Crippen molar-refractivity contribution in [2.24, 2.45) is 10.8 Å². The number of anilines is 1. The molecule has 0 aliphatic carbocycles. The number of aromatic nitrogens is 4. The quantitative estimate of drug-likeness (QED) is 0.167. The molecule has 17 heteroatoms. The van der Waals surface area contributed by atoms with E-state index < -0.39 is 69.2 Å². The molecule has 0 bridgehead atoms. The highest BCUT2D eigenvalue weighted by molar-refractivity contribution is 9.10. The Hall–Kier alpha value is -2.20. The van der Waals surface area contributed by atoms with Crippen LogP contribution in [0.15, 0.2) is 11.1 Å². The van der Waals surface area contributed by atoms with Gasteiger partial charge in [-0.3, -0.25) is 18.7 Å². The molecular weight excluding hydrogens is 605 g/mol. The second-order valence-corrected chi connectivity index (χ2v) is 13.1. The van der Waals surface area contributed by atoms with Gasteiger partial charge in [-0.15, -0.1) is 0 Å². The molecule has 1 aliphatic rings. The number of esters is 2. The van der Waals surface area contributed by atoms with Crippen LogP contribution in [-0.2, 0) is 41.9 Å². The average Bonchev–Trinajstić information content (AvgIpc) is 3.35. The third kappa shape index (κ3) is 7.93. The lowest BCUT2D eigenvalue weighted by molar-refractivity contribution is -0.163. The molecule has 0 unspecified atom stereocenters. The lowest BCUT2D eigenvalue weighted by Gasteiger charge is -2.23. The number of fused-ring (bicyclic) bond motifs is 1. The first kappa shape index (κ1) is 31.3. The molecule has 15 nitrogen and oxygen atoms in total. The Kier molecular flexibility index (Phi) is 9.74. The first-order chi connectivity index (χ1) is 18.0. The summed E-state index contributed by atoms with van der Waals surface area (Å²) < 4.78 is 46.8. The summed E-state index contributed by atoms with van der Waals surface area (Å²) in [5.74, 6) is -1.06. The van der Waals surface area contributed by atoms with E-state index in [-0.39, 0.29) is 12.2 Å². The van der Waals surface area contributed by atoms with Crippen molar-refractivity contribution in [3.63, 3.8) is 0 Å². The molecule has 3 N–H and O–H groups in total. The lowest BCUT2D eigenvalue weighted by atomic mass is 9.98. The number of carbonyl (C=O) groups is 2. The van der Waals surface area contributed by atoms with E-state index in [1.165, 1.54) is 6.33 Å². The summed E-state index contributed by atoms with van der Waals surface area (Å²) in [5.41, 5.74) is 4.93. The molecule has 39 heavy (non-hydrogen) atoms. The van der Waals surface area contributed by atoms with Crippen molar-refractivity contribution in [1.82, 2.24) is 19.5 Å². The maximum absolute atomic E-state index is 13.3. The summed E-state index contributed by atoms with van der Waals surface area (Å²) in [6.07, 6.45) is -1.37.